The van der Waals surface area contributed by atoms with E-state index in [-0.39, 0.29) is 13.0 Å². The molecule has 8 atom stereocenters. The summed E-state index contributed by atoms with van der Waals surface area (Å²) in [7, 11) is 0. The number of nitrogens with one attached hydrogen (secondary N) is 1. The van der Waals surface area contributed by atoms with E-state index in [2.05, 4.69) is 26.1 Å². The van der Waals surface area contributed by atoms with Gasteiger partial charge in [0, 0.05) is 6.42 Å². The molecule has 8 unspecified atom stereocenters. The highest BCUT2D eigenvalue weighted by atomic mass is 16.7. The summed E-state index contributed by atoms with van der Waals surface area (Å²) >= 11 is 0. The number of carbonyl (C=O) groups excluding carboxylic acids is 2. The maximum absolute atomic E-state index is 13.3. The lowest BCUT2D eigenvalue weighted by Gasteiger charge is -2.41. The fourth-order valence-corrected chi connectivity index (χ4v) is 8.42. The van der Waals surface area contributed by atoms with Gasteiger partial charge in [0.15, 0.2) is 12.4 Å². The summed E-state index contributed by atoms with van der Waals surface area (Å²) in [5.41, 5.74) is 0. The summed E-state index contributed by atoms with van der Waals surface area (Å²) in [5.74, 6) is -1.19. The Morgan fingerprint density at radius 2 is 1.03 bits per heavy atom. The van der Waals surface area contributed by atoms with Crippen LogP contribution in [-0.2, 0) is 23.8 Å². The summed E-state index contributed by atoms with van der Waals surface area (Å²) < 4.78 is 17.5. The summed E-state index contributed by atoms with van der Waals surface area (Å²) in [6, 6.07) is -1.01. The number of aliphatic hydroxyl groups excluding tert-OH is 5. The second-order valence-electron chi connectivity index (χ2n) is 18.6. The van der Waals surface area contributed by atoms with Gasteiger partial charge in [0.2, 0.25) is 5.91 Å². The molecule has 0 bridgehead atoms. The first-order valence-electron chi connectivity index (χ1n) is 26.5. The minimum Gasteiger partial charge on any atom is -0.454 e. The average Bonchev–Trinajstić information content (AvgIpc) is 3.28. The van der Waals surface area contributed by atoms with E-state index < -0.39 is 67.4 Å². The molecule has 0 radical (unpaired) electrons. The third kappa shape index (κ3) is 31.1. The third-order valence-electron chi connectivity index (χ3n) is 12.7. The van der Waals surface area contributed by atoms with Crippen molar-refractivity contribution in [3.8, 4) is 0 Å². The van der Waals surface area contributed by atoms with E-state index in [1.165, 1.54) is 141 Å². The van der Waals surface area contributed by atoms with E-state index in [4.69, 9.17) is 14.2 Å². The van der Waals surface area contributed by atoms with Crippen molar-refractivity contribution < 1.29 is 49.3 Å². The quantitative estimate of drug-likeness (QED) is 0.0196. The van der Waals surface area contributed by atoms with Crippen molar-refractivity contribution in [2.75, 3.05) is 13.2 Å². The number of esters is 1. The Bertz CT molecular complexity index is 1080. The second-order valence-corrected chi connectivity index (χ2v) is 18.6. The Labute approximate surface area is 385 Å². The number of allylic oxidation sites excluding steroid dienone is 1. The molecule has 0 spiro atoms. The van der Waals surface area contributed by atoms with E-state index in [1.54, 1.807) is 6.08 Å². The number of rotatable bonds is 44. The highest BCUT2D eigenvalue weighted by Crippen LogP contribution is 2.26. The maximum Gasteiger partial charge on any atom is 0.306 e. The normalized spacial score (nSPS) is 20.5. The van der Waals surface area contributed by atoms with Crippen molar-refractivity contribution in [3.05, 3.63) is 12.2 Å². The van der Waals surface area contributed by atoms with E-state index in [1.807, 2.05) is 6.08 Å². The van der Waals surface area contributed by atoms with Crippen LogP contribution in [0.25, 0.3) is 0 Å². The summed E-state index contributed by atoms with van der Waals surface area (Å²) in [4.78, 5) is 26.3. The number of aliphatic hydroxyl groups is 5. The number of unbranched alkanes of at least 4 members (excludes halogenated alkanes) is 30. The minimum absolute atomic E-state index is 0.130. The molecular weight excluding hydrogens is 799 g/mol. The van der Waals surface area contributed by atoms with Crippen LogP contribution >= 0.6 is 0 Å². The molecule has 63 heavy (non-hydrogen) atoms. The van der Waals surface area contributed by atoms with Crippen LogP contribution in [0.4, 0.5) is 0 Å². The molecular formula is C52H99NO10. The monoisotopic (exact) mass is 898 g/mol. The highest BCUT2D eigenvalue weighted by Gasteiger charge is 2.47. The fraction of sp³-hybridized carbons (Fsp3) is 0.923. The summed E-state index contributed by atoms with van der Waals surface area (Å²) in [6.45, 7) is 5.75. The molecule has 372 valence electrons. The first-order chi connectivity index (χ1) is 30.7. The molecule has 1 fully saturated rings. The highest BCUT2D eigenvalue weighted by molar-refractivity contribution is 5.80. The molecule has 0 aromatic carbocycles. The molecule has 6 N–H and O–H groups in total. The van der Waals surface area contributed by atoms with Crippen LogP contribution in [0.2, 0.25) is 0 Å². The van der Waals surface area contributed by atoms with Crippen LogP contribution in [0, 0.1) is 0 Å². The number of ether oxygens (including phenoxy) is 3. The molecule has 11 nitrogen and oxygen atoms in total. The van der Waals surface area contributed by atoms with Gasteiger partial charge in [-0.3, -0.25) is 9.59 Å². The van der Waals surface area contributed by atoms with Crippen LogP contribution in [0.3, 0.4) is 0 Å². The fourth-order valence-electron chi connectivity index (χ4n) is 8.42. The zero-order valence-corrected chi connectivity index (χ0v) is 40.7. The Kier molecular flexibility index (Phi) is 39.4. The van der Waals surface area contributed by atoms with E-state index >= 15 is 0 Å². The van der Waals surface area contributed by atoms with Gasteiger partial charge in [-0.25, -0.2) is 0 Å². The number of hydrogen-bond donors (Lipinski definition) is 6. The van der Waals surface area contributed by atoms with Crippen LogP contribution < -0.4 is 5.32 Å². The molecule has 1 aliphatic rings. The van der Waals surface area contributed by atoms with Crippen molar-refractivity contribution >= 4 is 11.9 Å². The predicted octanol–water partition coefficient (Wildman–Crippen LogP) is 10.8. The molecule has 1 saturated heterocycles. The van der Waals surface area contributed by atoms with Crippen molar-refractivity contribution in [3.63, 3.8) is 0 Å². The predicted molar refractivity (Wildman–Crippen MR) is 255 cm³/mol. The van der Waals surface area contributed by atoms with Gasteiger partial charge in [-0.2, -0.15) is 0 Å². The van der Waals surface area contributed by atoms with Gasteiger partial charge < -0.3 is 45.1 Å². The van der Waals surface area contributed by atoms with E-state index in [0.29, 0.717) is 19.3 Å². The molecule has 1 rings (SSSR count). The Morgan fingerprint density at radius 1 is 0.603 bits per heavy atom. The van der Waals surface area contributed by atoms with Gasteiger partial charge in [0.05, 0.1) is 25.4 Å². The number of carbonyl (C=O) groups is 2. The molecule has 11 heteroatoms. The van der Waals surface area contributed by atoms with E-state index in [0.717, 1.165) is 57.8 Å². The minimum atomic E-state index is -1.60. The molecule has 0 aromatic rings. The smallest absolute Gasteiger partial charge is 0.306 e. The molecule has 1 aliphatic heterocycles. The lowest BCUT2D eigenvalue weighted by molar-refractivity contribution is -0.305. The number of amides is 1. The third-order valence-corrected chi connectivity index (χ3v) is 12.7. The lowest BCUT2D eigenvalue weighted by Crippen LogP contribution is -2.61. The second kappa shape index (κ2) is 41.8. The van der Waals surface area contributed by atoms with Crippen molar-refractivity contribution in [2.24, 2.45) is 0 Å². The molecule has 0 aliphatic carbocycles. The first kappa shape index (κ1) is 59.4. The molecule has 0 aromatic heterocycles. The van der Waals surface area contributed by atoms with Gasteiger partial charge in [-0.15, -0.1) is 0 Å². The lowest BCUT2D eigenvalue weighted by atomic mass is 9.99. The van der Waals surface area contributed by atoms with Crippen molar-refractivity contribution in [1.82, 2.24) is 5.32 Å². The largest absolute Gasteiger partial charge is 0.454 e. The van der Waals surface area contributed by atoms with Crippen molar-refractivity contribution in [2.45, 2.75) is 294 Å². The zero-order chi connectivity index (χ0) is 46.2. The van der Waals surface area contributed by atoms with Crippen LogP contribution in [0.5, 0.6) is 0 Å². The average molecular weight is 898 g/mol. The Balaban J connectivity index is 2.78. The topological polar surface area (TPSA) is 175 Å². The van der Waals surface area contributed by atoms with Crippen LogP contribution in [0.15, 0.2) is 12.2 Å². The Hall–Kier alpha value is -1.60. The van der Waals surface area contributed by atoms with E-state index in [9.17, 15) is 35.1 Å². The SMILES string of the molecule is CCCCCCCCCCCCC/C=C/C(O)C(COC1OC(CO)C(O)C(O)C1OC(=O)CCCCCCCCCCCCC)NC(=O)C(O)CCCCCCCCCCCC. The van der Waals surface area contributed by atoms with Crippen LogP contribution in [0.1, 0.15) is 245 Å². The molecule has 1 heterocycles. The van der Waals surface area contributed by atoms with Gasteiger partial charge in [0.25, 0.3) is 0 Å². The van der Waals surface area contributed by atoms with Gasteiger partial charge in [-0.1, -0.05) is 226 Å². The van der Waals surface area contributed by atoms with Gasteiger partial charge >= 0.3 is 5.97 Å². The zero-order valence-electron chi connectivity index (χ0n) is 40.7. The van der Waals surface area contributed by atoms with Crippen LogP contribution in [-0.4, -0.2) is 99.6 Å². The number of hydrogen-bond acceptors (Lipinski definition) is 10. The standard InChI is InChI=1S/C52H99NO10/c1-4-7-10-13-16-19-22-23-25-27-29-32-35-38-44(55)43(53-51(60)45(56)39-36-33-30-26-21-18-15-12-9-6-3)42-61-52-50(49(59)48(58)46(41-54)62-52)63-47(57)40-37-34-31-28-24-20-17-14-11-8-5-2/h35,38,43-46,48-50,52,54-56,58-59H,4-34,36-37,39-42H2,1-3H3,(H,53,60)/b38-35+. The van der Waals surface area contributed by atoms with Gasteiger partial charge in [0.1, 0.15) is 24.4 Å². The Morgan fingerprint density at radius 3 is 1.49 bits per heavy atom. The summed E-state index contributed by atoms with van der Waals surface area (Å²) in [6.07, 6.45) is 32.7. The molecule has 0 saturated carbocycles. The maximum atomic E-state index is 13.3. The van der Waals surface area contributed by atoms with Crippen molar-refractivity contribution in [1.29, 1.82) is 0 Å². The van der Waals surface area contributed by atoms with Gasteiger partial charge in [-0.05, 0) is 25.7 Å². The first-order valence-corrected chi connectivity index (χ1v) is 26.5. The molecule has 1 amide bonds. The summed E-state index contributed by atoms with van der Waals surface area (Å²) in [5, 5.41) is 56.5.